The van der Waals surface area contributed by atoms with Crippen molar-refractivity contribution in [1.82, 2.24) is 5.32 Å². The lowest BCUT2D eigenvalue weighted by Gasteiger charge is -2.23. The Morgan fingerprint density at radius 1 is 1.50 bits per heavy atom. The third-order valence-electron chi connectivity index (χ3n) is 3.58. The Balaban J connectivity index is 2.02. The molecule has 2 atom stereocenters. The first-order chi connectivity index (χ1) is 9.74. The first-order valence-corrected chi connectivity index (χ1v) is 6.99. The number of methoxy groups -OCH3 is 1. The van der Waals surface area contributed by atoms with E-state index in [1.807, 2.05) is 24.3 Å². The van der Waals surface area contributed by atoms with E-state index in [-0.39, 0.29) is 24.6 Å². The molecule has 5 heteroatoms. The monoisotopic (exact) mass is 278 g/mol. The maximum atomic E-state index is 12.2. The quantitative estimate of drug-likeness (QED) is 0.724. The number of benzene rings is 1. The zero-order chi connectivity index (χ0) is 14.4. The van der Waals surface area contributed by atoms with Crippen LogP contribution in [0, 0.1) is 0 Å². The lowest BCUT2D eigenvalue weighted by atomic mass is 10.0. The number of aliphatic hydroxyl groups is 1. The second-order valence-electron chi connectivity index (χ2n) is 5.07. The predicted octanol–water partition coefficient (Wildman–Crippen LogP) is 0.927. The SMILES string of the molecule is COCC(CCO)NC1CCc2ccccc2NC1=O. The highest BCUT2D eigenvalue weighted by molar-refractivity contribution is 5.96. The number of fused-ring (bicyclic) bond motifs is 1. The Hall–Kier alpha value is -1.43. The standard InChI is InChI=1S/C15H22N2O3/c1-20-10-12(8-9-18)16-14-7-6-11-4-2-3-5-13(11)17-15(14)19/h2-5,12,14,16,18H,6-10H2,1H3,(H,17,19). The number of anilines is 1. The third kappa shape index (κ3) is 3.79. The molecule has 2 rings (SSSR count). The Morgan fingerprint density at radius 2 is 2.30 bits per heavy atom. The second kappa shape index (κ2) is 7.38. The van der Waals surface area contributed by atoms with Crippen molar-refractivity contribution >= 4 is 11.6 Å². The van der Waals surface area contributed by atoms with E-state index >= 15 is 0 Å². The Bertz CT molecular complexity index is 444. The predicted molar refractivity (Wildman–Crippen MR) is 77.7 cm³/mol. The van der Waals surface area contributed by atoms with Gasteiger partial charge < -0.3 is 20.5 Å². The van der Waals surface area contributed by atoms with E-state index in [0.717, 1.165) is 24.1 Å². The number of carbonyl (C=O) groups is 1. The molecule has 1 amide bonds. The van der Waals surface area contributed by atoms with Gasteiger partial charge in [-0.1, -0.05) is 18.2 Å². The van der Waals surface area contributed by atoms with Crippen molar-refractivity contribution in [3.8, 4) is 0 Å². The Labute approximate surface area is 119 Å². The van der Waals surface area contributed by atoms with Crippen LogP contribution in [0.5, 0.6) is 0 Å². The number of para-hydroxylation sites is 1. The number of amides is 1. The molecule has 0 spiro atoms. The van der Waals surface area contributed by atoms with Crippen molar-refractivity contribution in [1.29, 1.82) is 0 Å². The number of carbonyl (C=O) groups excluding carboxylic acids is 1. The van der Waals surface area contributed by atoms with Gasteiger partial charge in [-0.15, -0.1) is 0 Å². The number of aryl methyl sites for hydroxylation is 1. The molecule has 0 saturated heterocycles. The van der Waals surface area contributed by atoms with E-state index in [1.54, 1.807) is 7.11 Å². The molecule has 1 aliphatic rings. The summed E-state index contributed by atoms with van der Waals surface area (Å²) in [5, 5.41) is 15.3. The minimum Gasteiger partial charge on any atom is -0.396 e. The lowest BCUT2D eigenvalue weighted by molar-refractivity contribution is -0.118. The fraction of sp³-hybridized carbons (Fsp3) is 0.533. The van der Waals surface area contributed by atoms with Gasteiger partial charge in [-0.3, -0.25) is 4.79 Å². The average molecular weight is 278 g/mol. The summed E-state index contributed by atoms with van der Waals surface area (Å²) in [5.41, 5.74) is 2.06. The molecule has 110 valence electrons. The molecule has 1 aromatic carbocycles. The fourth-order valence-corrected chi connectivity index (χ4v) is 2.53. The molecule has 1 heterocycles. The van der Waals surface area contributed by atoms with Crippen molar-refractivity contribution in [2.75, 3.05) is 25.6 Å². The second-order valence-corrected chi connectivity index (χ2v) is 5.07. The molecule has 1 aliphatic heterocycles. The smallest absolute Gasteiger partial charge is 0.241 e. The van der Waals surface area contributed by atoms with Crippen LogP contribution in [0.2, 0.25) is 0 Å². The highest BCUT2D eigenvalue weighted by Crippen LogP contribution is 2.21. The molecule has 0 radical (unpaired) electrons. The highest BCUT2D eigenvalue weighted by atomic mass is 16.5. The molecule has 0 fully saturated rings. The number of nitrogens with one attached hydrogen (secondary N) is 2. The van der Waals surface area contributed by atoms with Crippen LogP contribution in [0.25, 0.3) is 0 Å². The summed E-state index contributed by atoms with van der Waals surface area (Å²) in [4.78, 5) is 12.2. The maximum Gasteiger partial charge on any atom is 0.241 e. The van der Waals surface area contributed by atoms with Gasteiger partial charge in [0.25, 0.3) is 0 Å². The summed E-state index contributed by atoms with van der Waals surface area (Å²) in [6.45, 7) is 0.562. The average Bonchev–Trinajstić information content (AvgIpc) is 2.59. The molecule has 2 unspecified atom stereocenters. The third-order valence-corrected chi connectivity index (χ3v) is 3.58. The summed E-state index contributed by atoms with van der Waals surface area (Å²) in [6, 6.07) is 7.61. The number of hydrogen-bond acceptors (Lipinski definition) is 4. The van der Waals surface area contributed by atoms with Gasteiger partial charge in [0, 0.05) is 25.4 Å². The number of hydrogen-bond donors (Lipinski definition) is 3. The van der Waals surface area contributed by atoms with Crippen LogP contribution in [0.1, 0.15) is 18.4 Å². The van der Waals surface area contributed by atoms with Crippen LogP contribution in [0.4, 0.5) is 5.69 Å². The number of aliphatic hydroxyl groups excluding tert-OH is 1. The van der Waals surface area contributed by atoms with Crippen LogP contribution in [0.15, 0.2) is 24.3 Å². The van der Waals surface area contributed by atoms with Gasteiger partial charge in [0.15, 0.2) is 0 Å². The van der Waals surface area contributed by atoms with Crippen LogP contribution in [-0.2, 0) is 16.0 Å². The van der Waals surface area contributed by atoms with Gasteiger partial charge in [0.1, 0.15) is 0 Å². The molecule has 5 nitrogen and oxygen atoms in total. The van der Waals surface area contributed by atoms with Crippen LogP contribution >= 0.6 is 0 Å². The Kier molecular flexibility index (Phi) is 5.52. The molecule has 1 aromatic rings. The van der Waals surface area contributed by atoms with E-state index < -0.39 is 0 Å². The van der Waals surface area contributed by atoms with Gasteiger partial charge in [0.05, 0.1) is 12.6 Å². The summed E-state index contributed by atoms with van der Waals surface area (Å²) < 4.78 is 5.12. The maximum absolute atomic E-state index is 12.2. The molecular weight excluding hydrogens is 256 g/mol. The van der Waals surface area contributed by atoms with Gasteiger partial charge in [-0.05, 0) is 30.9 Å². The van der Waals surface area contributed by atoms with Crippen molar-refractivity contribution in [2.45, 2.75) is 31.3 Å². The minimum atomic E-state index is -0.255. The molecule has 3 N–H and O–H groups in total. The van der Waals surface area contributed by atoms with E-state index in [4.69, 9.17) is 9.84 Å². The van der Waals surface area contributed by atoms with E-state index in [1.165, 1.54) is 0 Å². The number of rotatable bonds is 6. The van der Waals surface area contributed by atoms with Crippen molar-refractivity contribution in [3.63, 3.8) is 0 Å². The van der Waals surface area contributed by atoms with Gasteiger partial charge in [-0.2, -0.15) is 0 Å². The Morgan fingerprint density at radius 3 is 3.05 bits per heavy atom. The van der Waals surface area contributed by atoms with Gasteiger partial charge >= 0.3 is 0 Å². The lowest BCUT2D eigenvalue weighted by Crippen LogP contribution is -2.47. The van der Waals surface area contributed by atoms with Gasteiger partial charge in [0.2, 0.25) is 5.91 Å². The molecular formula is C15H22N2O3. The highest BCUT2D eigenvalue weighted by Gasteiger charge is 2.25. The molecule has 0 aromatic heterocycles. The molecule has 20 heavy (non-hydrogen) atoms. The van der Waals surface area contributed by atoms with Gasteiger partial charge in [-0.25, -0.2) is 0 Å². The summed E-state index contributed by atoms with van der Waals surface area (Å²) >= 11 is 0. The molecule has 0 aliphatic carbocycles. The van der Waals surface area contributed by atoms with Crippen molar-refractivity contribution in [2.24, 2.45) is 0 Å². The summed E-state index contributed by atoms with van der Waals surface area (Å²) in [5.74, 6) is -0.0195. The van der Waals surface area contributed by atoms with Crippen LogP contribution in [0.3, 0.4) is 0 Å². The molecule has 0 saturated carbocycles. The minimum absolute atomic E-state index is 0.0121. The normalized spacial score (nSPS) is 19.9. The van der Waals surface area contributed by atoms with Crippen molar-refractivity contribution < 1.29 is 14.6 Å². The van der Waals surface area contributed by atoms with E-state index in [9.17, 15) is 4.79 Å². The van der Waals surface area contributed by atoms with Crippen LogP contribution in [-0.4, -0.2) is 43.4 Å². The zero-order valence-corrected chi connectivity index (χ0v) is 11.8. The van der Waals surface area contributed by atoms with E-state index in [2.05, 4.69) is 10.6 Å². The van der Waals surface area contributed by atoms with Crippen molar-refractivity contribution in [3.05, 3.63) is 29.8 Å². The fourth-order valence-electron chi connectivity index (χ4n) is 2.53. The summed E-state index contributed by atoms with van der Waals surface area (Å²) in [7, 11) is 1.62. The molecule has 0 bridgehead atoms. The number of ether oxygens (including phenoxy) is 1. The zero-order valence-electron chi connectivity index (χ0n) is 11.8. The first kappa shape index (κ1) is 15.0. The van der Waals surface area contributed by atoms with Crippen LogP contribution < -0.4 is 10.6 Å². The largest absolute Gasteiger partial charge is 0.396 e. The summed E-state index contributed by atoms with van der Waals surface area (Å²) in [6.07, 6.45) is 2.17. The first-order valence-electron chi connectivity index (χ1n) is 6.99. The topological polar surface area (TPSA) is 70.6 Å². The van der Waals surface area contributed by atoms with E-state index in [0.29, 0.717) is 13.0 Å².